The zero-order valence-corrected chi connectivity index (χ0v) is 63.8. The summed E-state index contributed by atoms with van der Waals surface area (Å²) in [7, 11) is -9.91. The molecule has 0 amide bonds. The number of hydrogen-bond donors (Lipinski definition) is 3. The average Bonchev–Trinajstić information content (AvgIpc) is 1.58. The summed E-state index contributed by atoms with van der Waals surface area (Å²) in [5.74, 6) is -0.658. The number of carbonyl (C=O) groups is 4. The summed E-state index contributed by atoms with van der Waals surface area (Å²) in [6, 6.07) is 0. The van der Waals surface area contributed by atoms with E-state index in [1.54, 1.807) is 0 Å². The number of esters is 4. The highest BCUT2D eigenvalue weighted by Crippen LogP contribution is 2.45. The van der Waals surface area contributed by atoms with Gasteiger partial charge in [-0.2, -0.15) is 0 Å². The van der Waals surface area contributed by atoms with E-state index in [0.717, 1.165) is 102 Å². The fourth-order valence-corrected chi connectivity index (χ4v) is 13.2. The maximum absolute atomic E-state index is 13.1. The summed E-state index contributed by atoms with van der Waals surface area (Å²) in [5.41, 5.74) is 0. The van der Waals surface area contributed by atoms with Crippen molar-refractivity contribution in [2.24, 2.45) is 11.8 Å². The number of phosphoric ester groups is 2. The first kappa shape index (κ1) is 93.1. The molecule has 0 spiro atoms. The minimum atomic E-state index is -4.96. The lowest BCUT2D eigenvalue weighted by Gasteiger charge is -2.21. The van der Waals surface area contributed by atoms with Crippen molar-refractivity contribution < 1.29 is 80.2 Å². The van der Waals surface area contributed by atoms with Gasteiger partial charge in [0.05, 0.1) is 26.4 Å². The number of hydrogen-bond acceptors (Lipinski definition) is 15. The second-order valence-corrected chi connectivity index (χ2v) is 31.3. The van der Waals surface area contributed by atoms with Crippen LogP contribution < -0.4 is 0 Å². The molecule has 95 heavy (non-hydrogen) atoms. The van der Waals surface area contributed by atoms with Crippen LogP contribution >= 0.6 is 15.6 Å². The highest BCUT2D eigenvalue weighted by atomic mass is 31.2. The zero-order chi connectivity index (χ0) is 70.0. The quantitative estimate of drug-likeness (QED) is 0.0222. The van der Waals surface area contributed by atoms with Crippen molar-refractivity contribution in [2.45, 2.75) is 413 Å². The Balaban J connectivity index is 5.18. The van der Waals surface area contributed by atoms with Crippen LogP contribution in [0.25, 0.3) is 0 Å². The van der Waals surface area contributed by atoms with Crippen molar-refractivity contribution in [1.82, 2.24) is 0 Å². The second kappa shape index (κ2) is 67.9. The monoisotopic (exact) mass is 1400 g/mol. The molecule has 0 aliphatic carbocycles. The van der Waals surface area contributed by atoms with Crippen molar-refractivity contribution in [3.63, 3.8) is 0 Å². The van der Waals surface area contributed by atoms with E-state index in [1.165, 1.54) is 205 Å². The lowest BCUT2D eigenvalue weighted by molar-refractivity contribution is -0.161. The van der Waals surface area contributed by atoms with Crippen LogP contribution in [0.5, 0.6) is 0 Å². The minimum Gasteiger partial charge on any atom is -0.462 e. The van der Waals surface area contributed by atoms with Gasteiger partial charge in [0.25, 0.3) is 0 Å². The Labute approximate surface area is 581 Å². The van der Waals surface area contributed by atoms with Gasteiger partial charge >= 0.3 is 39.5 Å². The van der Waals surface area contributed by atoms with E-state index in [4.69, 9.17) is 37.0 Å². The average molecular weight is 1400 g/mol. The van der Waals surface area contributed by atoms with Crippen LogP contribution in [-0.4, -0.2) is 96.7 Å². The Bertz CT molecular complexity index is 1840. The van der Waals surface area contributed by atoms with Crippen LogP contribution in [0, 0.1) is 11.8 Å². The zero-order valence-electron chi connectivity index (χ0n) is 62.0. The number of unbranched alkanes of at least 4 members (excludes halogenated alkanes) is 45. The van der Waals surface area contributed by atoms with E-state index in [1.807, 2.05) is 0 Å². The van der Waals surface area contributed by atoms with Crippen LogP contribution in [0.1, 0.15) is 395 Å². The molecule has 0 bridgehead atoms. The third-order valence-corrected chi connectivity index (χ3v) is 19.6. The molecule has 2 unspecified atom stereocenters. The molecule has 0 aliphatic heterocycles. The number of ether oxygens (including phenoxy) is 4. The second-order valence-electron chi connectivity index (χ2n) is 28.3. The molecule has 0 rings (SSSR count). The Morgan fingerprint density at radius 3 is 0.716 bits per heavy atom. The third-order valence-electron chi connectivity index (χ3n) is 17.7. The predicted molar refractivity (Wildman–Crippen MR) is 386 cm³/mol. The summed E-state index contributed by atoms with van der Waals surface area (Å²) in [6.07, 6.45) is 55.8. The molecule has 0 aromatic heterocycles. The van der Waals surface area contributed by atoms with E-state index in [2.05, 4.69) is 41.5 Å². The summed E-state index contributed by atoms with van der Waals surface area (Å²) in [6.45, 7) is 9.51. The summed E-state index contributed by atoms with van der Waals surface area (Å²) < 4.78 is 68.4. The van der Waals surface area contributed by atoms with Gasteiger partial charge in [-0.25, -0.2) is 9.13 Å². The van der Waals surface area contributed by atoms with Gasteiger partial charge in [0.15, 0.2) is 12.2 Å². The maximum Gasteiger partial charge on any atom is 0.472 e. The van der Waals surface area contributed by atoms with Crippen LogP contribution in [0.4, 0.5) is 0 Å². The van der Waals surface area contributed by atoms with Crippen LogP contribution in [0.3, 0.4) is 0 Å². The molecule has 0 radical (unpaired) electrons. The topological polar surface area (TPSA) is 237 Å². The van der Waals surface area contributed by atoms with Gasteiger partial charge in [0, 0.05) is 25.7 Å². The standard InChI is InChI=1S/C76H148O17P2/c1-7-9-11-13-15-17-19-20-21-22-23-24-25-26-27-28-33-37-41-49-55-61-76(81)92-71(64-86-73(78)58-52-46-39-36-32-30-29-31-34-38-44-50-56-68(3)4)66-90-94(82,83)88-62-70(77)63-89-95(84,85)91-67-72(65-87-74(79)59-53-47-43-42-45-51-57-69(5)6)93-75(80)60-54-48-40-35-18-16-14-12-10-8-2/h68-72,77H,7-67H2,1-6H3,(H,82,83)(H,84,85)/t70-,71-,72-/m1/s1. The molecule has 0 heterocycles. The molecule has 17 nitrogen and oxygen atoms in total. The Morgan fingerprint density at radius 1 is 0.284 bits per heavy atom. The molecule has 19 heteroatoms. The van der Waals surface area contributed by atoms with Crippen molar-refractivity contribution >= 4 is 39.5 Å². The van der Waals surface area contributed by atoms with Crippen molar-refractivity contribution in [3.05, 3.63) is 0 Å². The maximum atomic E-state index is 13.1. The van der Waals surface area contributed by atoms with E-state index in [0.29, 0.717) is 31.6 Å². The van der Waals surface area contributed by atoms with Gasteiger partial charge in [-0.3, -0.25) is 37.3 Å². The first-order chi connectivity index (χ1) is 45.9. The van der Waals surface area contributed by atoms with E-state index < -0.39 is 97.5 Å². The van der Waals surface area contributed by atoms with Gasteiger partial charge in [-0.05, 0) is 37.5 Å². The van der Waals surface area contributed by atoms with Crippen LogP contribution in [-0.2, 0) is 65.4 Å². The highest BCUT2D eigenvalue weighted by Gasteiger charge is 2.30. The van der Waals surface area contributed by atoms with Crippen molar-refractivity contribution in [2.75, 3.05) is 39.6 Å². The van der Waals surface area contributed by atoms with Gasteiger partial charge in [0.2, 0.25) is 0 Å². The number of carbonyl (C=O) groups excluding carboxylic acids is 4. The molecule has 3 N–H and O–H groups in total. The number of rotatable bonds is 75. The van der Waals surface area contributed by atoms with E-state index >= 15 is 0 Å². The van der Waals surface area contributed by atoms with E-state index in [-0.39, 0.29) is 25.7 Å². The molecule has 0 aliphatic rings. The summed E-state index contributed by atoms with van der Waals surface area (Å²) >= 11 is 0. The molecular formula is C76H148O17P2. The summed E-state index contributed by atoms with van der Waals surface area (Å²) in [5, 5.41) is 10.6. The lowest BCUT2D eigenvalue weighted by atomic mass is 10.0. The third kappa shape index (κ3) is 70.3. The Morgan fingerprint density at radius 2 is 0.484 bits per heavy atom. The summed E-state index contributed by atoms with van der Waals surface area (Å²) in [4.78, 5) is 72.7. The minimum absolute atomic E-state index is 0.105. The van der Waals surface area contributed by atoms with Gasteiger partial charge < -0.3 is 33.8 Å². The smallest absolute Gasteiger partial charge is 0.462 e. The van der Waals surface area contributed by atoms with Gasteiger partial charge in [-0.1, -0.05) is 343 Å². The molecule has 5 atom stereocenters. The normalized spacial score (nSPS) is 14.0. The van der Waals surface area contributed by atoms with Crippen molar-refractivity contribution in [1.29, 1.82) is 0 Å². The largest absolute Gasteiger partial charge is 0.472 e. The Hall–Kier alpha value is -1.94. The number of phosphoric acid groups is 2. The molecule has 0 saturated carbocycles. The van der Waals surface area contributed by atoms with Crippen LogP contribution in [0.2, 0.25) is 0 Å². The van der Waals surface area contributed by atoms with Crippen molar-refractivity contribution in [3.8, 4) is 0 Å². The molecule has 0 aromatic rings. The van der Waals surface area contributed by atoms with Gasteiger partial charge in [0.1, 0.15) is 19.3 Å². The van der Waals surface area contributed by atoms with Gasteiger partial charge in [-0.15, -0.1) is 0 Å². The first-order valence-corrected chi connectivity index (χ1v) is 42.5. The molecular weight excluding hydrogens is 1250 g/mol. The number of aliphatic hydroxyl groups is 1. The number of aliphatic hydroxyl groups excluding tert-OH is 1. The van der Waals surface area contributed by atoms with E-state index in [9.17, 15) is 43.2 Å². The molecule has 0 aromatic carbocycles. The predicted octanol–water partition coefficient (Wildman–Crippen LogP) is 22.3. The molecule has 0 fully saturated rings. The van der Waals surface area contributed by atoms with Crippen LogP contribution in [0.15, 0.2) is 0 Å². The highest BCUT2D eigenvalue weighted by molar-refractivity contribution is 7.47. The fourth-order valence-electron chi connectivity index (χ4n) is 11.7. The first-order valence-electron chi connectivity index (χ1n) is 39.5. The molecule has 0 saturated heterocycles. The molecule has 564 valence electrons. The Kier molecular flexibility index (Phi) is 66.5. The lowest BCUT2D eigenvalue weighted by Crippen LogP contribution is -2.30. The fraction of sp³-hybridized carbons (Fsp3) is 0.947. The SMILES string of the molecule is CCCCCCCCCCCCCCCCCCCCCCCC(=O)O[C@H](COC(=O)CCCCCCCCCCCCCCC(C)C)COP(=O)(O)OC[C@@H](O)COP(=O)(O)OC[C@@H](COC(=O)CCCCCCCCC(C)C)OC(=O)CCCCCCCCCCCC.